The molecule has 25 heavy (non-hydrogen) atoms. The molecule has 2 N–H and O–H groups in total. The summed E-state index contributed by atoms with van der Waals surface area (Å²) in [6.45, 7) is 4.90. The molecule has 6 nitrogen and oxygen atoms in total. The molecule has 2 fully saturated rings. The van der Waals surface area contributed by atoms with Crippen LogP contribution in [0, 0.1) is 6.92 Å². The van der Waals surface area contributed by atoms with Gasteiger partial charge in [0.15, 0.2) is 0 Å². The minimum absolute atomic E-state index is 0.00627. The van der Waals surface area contributed by atoms with E-state index in [0.717, 1.165) is 48.1 Å². The Bertz CT molecular complexity index is 813. The van der Waals surface area contributed by atoms with Gasteiger partial charge in [-0.15, -0.1) is 0 Å². The molecule has 0 spiro atoms. The second-order valence-corrected chi connectivity index (χ2v) is 7.01. The highest BCUT2D eigenvalue weighted by Gasteiger charge is 2.32. The Hall–Kier alpha value is -2.50. The largest absolute Gasteiger partial charge is 0.358 e. The maximum atomic E-state index is 12.9. The zero-order valence-corrected chi connectivity index (χ0v) is 14.5. The maximum Gasteiger partial charge on any atom is 0.317 e. The first-order valence-corrected chi connectivity index (χ1v) is 9.02. The van der Waals surface area contributed by atoms with Gasteiger partial charge in [-0.25, -0.2) is 4.79 Å². The Morgan fingerprint density at radius 3 is 2.92 bits per heavy atom. The molecule has 132 valence electrons. The van der Waals surface area contributed by atoms with Gasteiger partial charge in [0.05, 0.1) is 12.5 Å². The van der Waals surface area contributed by atoms with Gasteiger partial charge < -0.3 is 20.1 Å². The van der Waals surface area contributed by atoms with Crippen molar-refractivity contribution in [3.63, 3.8) is 0 Å². The molecule has 0 aliphatic carbocycles. The molecule has 1 aromatic heterocycles. The fourth-order valence-corrected chi connectivity index (χ4v) is 4.10. The molecule has 6 heteroatoms. The molecule has 1 atom stereocenters. The van der Waals surface area contributed by atoms with Crippen molar-refractivity contribution in [3.8, 4) is 0 Å². The fourth-order valence-electron chi connectivity index (χ4n) is 4.10. The van der Waals surface area contributed by atoms with Gasteiger partial charge in [0.1, 0.15) is 0 Å². The second kappa shape index (κ2) is 6.43. The summed E-state index contributed by atoms with van der Waals surface area (Å²) in [5.74, 6) is 0.150. The van der Waals surface area contributed by atoms with E-state index in [0.29, 0.717) is 19.5 Å². The molecule has 2 saturated heterocycles. The summed E-state index contributed by atoms with van der Waals surface area (Å²) >= 11 is 0. The molecular formula is C19H24N4O2. The number of hydrogen-bond donors (Lipinski definition) is 2. The van der Waals surface area contributed by atoms with Crippen molar-refractivity contribution in [3.05, 3.63) is 35.5 Å². The van der Waals surface area contributed by atoms with Crippen LogP contribution in [0.25, 0.3) is 10.9 Å². The van der Waals surface area contributed by atoms with Crippen LogP contribution in [-0.4, -0.2) is 58.9 Å². The molecule has 3 heterocycles. The van der Waals surface area contributed by atoms with Crippen molar-refractivity contribution in [2.45, 2.75) is 32.2 Å². The number of piperidine rings is 1. The van der Waals surface area contributed by atoms with E-state index in [4.69, 9.17) is 0 Å². The minimum Gasteiger partial charge on any atom is -0.358 e. The number of likely N-dealkylation sites (tertiary alicyclic amines) is 1. The number of carbonyl (C=O) groups is 2. The first kappa shape index (κ1) is 16.0. The topological polar surface area (TPSA) is 68.4 Å². The van der Waals surface area contributed by atoms with E-state index in [-0.39, 0.29) is 18.0 Å². The zero-order chi connectivity index (χ0) is 17.4. The summed E-state index contributed by atoms with van der Waals surface area (Å²) in [5, 5.41) is 3.98. The first-order chi connectivity index (χ1) is 12.1. The van der Waals surface area contributed by atoms with E-state index in [9.17, 15) is 9.59 Å². The number of aromatic amines is 1. The number of para-hydroxylation sites is 1. The lowest BCUT2D eigenvalue weighted by Gasteiger charge is -2.37. The summed E-state index contributed by atoms with van der Waals surface area (Å²) < 4.78 is 0. The maximum absolute atomic E-state index is 12.9. The predicted octanol–water partition coefficient (Wildman–Crippen LogP) is 2.04. The number of fused-ring (bicyclic) bond motifs is 1. The van der Waals surface area contributed by atoms with E-state index in [1.165, 1.54) is 0 Å². The standard InChI is InChI=1S/C19H24N4O2/c1-13-16(15-6-2-3-7-17(15)21-13)11-18(24)22-9-4-5-14(12-22)23-10-8-20-19(23)25/h2-3,6-7,14,21H,4-5,8-12H2,1H3,(H,20,25)/t14-/m1/s1. The molecule has 1 aromatic carbocycles. The summed E-state index contributed by atoms with van der Waals surface area (Å²) in [6.07, 6.45) is 2.34. The van der Waals surface area contributed by atoms with Crippen molar-refractivity contribution in [2.75, 3.05) is 26.2 Å². The third kappa shape index (κ3) is 2.97. The van der Waals surface area contributed by atoms with Crippen molar-refractivity contribution in [1.82, 2.24) is 20.1 Å². The van der Waals surface area contributed by atoms with Gasteiger partial charge in [-0.1, -0.05) is 18.2 Å². The third-order valence-corrected chi connectivity index (χ3v) is 5.43. The Kier molecular flexibility index (Phi) is 4.11. The third-order valence-electron chi connectivity index (χ3n) is 5.43. The van der Waals surface area contributed by atoms with Gasteiger partial charge in [-0.3, -0.25) is 4.79 Å². The number of amides is 3. The van der Waals surface area contributed by atoms with E-state index in [1.54, 1.807) is 0 Å². The lowest BCUT2D eigenvalue weighted by Crippen LogP contribution is -2.51. The normalized spacial score (nSPS) is 21.0. The Balaban J connectivity index is 1.48. The van der Waals surface area contributed by atoms with Gasteiger partial charge in [-0.05, 0) is 31.4 Å². The van der Waals surface area contributed by atoms with Crippen LogP contribution in [0.3, 0.4) is 0 Å². The summed E-state index contributed by atoms with van der Waals surface area (Å²) in [7, 11) is 0. The number of aromatic nitrogens is 1. The van der Waals surface area contributed by atoms with Crippen LogP contribution in [0.1, 0.15) is 24.1 Å². The van der Waals surface area contributed by atoms with Gasteiger partial charge in [-0.2, -0.15) is 0 Å². The smallest absolute Gasteiger partial charge is 0.317 e. The van der Waals surface area contributed by atoms with Crippen LogP contribution in [0.5, 0.6) is 0 Å². The van der Waals surface area contributed by atoms with Crippen molar-refractivity contribution in [1.29, 1.82) is 0 Å². The van der Waals surface area contributed by atoms with Crippen molar-refractivity contribution >= 4 is 22.8 Å². The first-order valence-electron chi connectivity index (χ1n) is 9.02. The predicted molar refractivity (Wildman–Crippen MR) is 96.4 cm³/mol. The molecule has 3 amide bonds. The van der Waals surface area contributed by atoms with Gasteiger partial charge in [0.2, 0.25) is 5.91 Å². The zero-order valence-electron chi connectivity index (χ0n) is 14.5. The van der Waals surface area contributed by atoms with Crippen LogP contribution in [0.2, 0.25) is 0 Å². The van der Waals surface area contributed by atoms with E-state index in [1.807, 2.05) is 34.9 Å². The number of nitrogens with one attached hydrogen (secondary N) is 2. The number of nitrogens with zero attached hydrogens (tertiary/aromatic N) is 2. The number of rotatable bonds is 3. The molecule has 2 aliphatic heterocycles. The highest BCUT2D eigenvalue weighted by atomic mass is 16.2. The monoisotopic (exact) mass is 340 g/mol. The van der Waals surface area contributed by atoms with Crippen LogP contribution in [0.4, 0.5) is 4.79 Å². The number of benzene rings is 1. The number of urea groups is 1. The molecule has 0 unspecified atom stereocenters. The number of hydrogen-bond acceptors (Lipinski definition) is 2. The molecule has 0 radical (unpaired) electrons. The number of H-pyrrole nitrogens is 1. The molecule has 2 aliphatic rings. The average molecular weight is 340 g/mol. The minimum atomic E-state index is 0.00627. The molecule has 0 bridgehead atoms. The summed E-state index contributed by atoms with van der Waals surface area (Å²) in [6, 6.07) is 8.26. The van der Waals surface area contributed by atoms with E-state index in [2.05, 4.69) is 16.4 Å². The highest BCUT2D eigenvalue weighted by molar-refractivity contribution is 5.90. The molecule has 2 aromatic rings. The summed E-state index contributed by atoms with van der Waals surface area (Å²) in [5.41, 5.74) is 3.22. The Morgan fingerprint density at radius 2 is 2.12 bits per heavy atom. The number of aryl methyl sites for hydroxylation is 1. The molecule has 4 rings (SSSR count). The SMILES string of the molecule is Cc1[nH]c2ccccc2c1CC(=O)N1CCC[C@@H](N2CCNC2=O)C1. The van der Waals surface area contributed by atoms with Gasteiger partial charge in [0.25, 0.3) is 0 Å². The quantitative estimate of drug-likeness (QED) is 0.898. The van der Waals surface area contributed by atoms with E-state index >= 15 is 0 Å². The molecular weight excluding hydrogens is 316 g/mol. The summed E-state index contributed by atoms with van der Waals surface area (Å²) in [4.78, 5) is 32.0. The van der Waals surface area contributed by atoms with Crippen LogP contribution in [-0.2, 0) is 11.2 Å². The van der Waals surface area contributed by atoms with Crippen molar-refractivity contribution < 1.29 is 9.59 Å². The van der Waals surface area contributed by atoms with Gasteiger partial charge in [0, 0.05) is 42.8 Å². The Morgan fingerprint density at radius 1 is 1.28 bits per heavy atom. The van der Waals surface area contributed by atoms with E-state index < -0.39 is 0 Å². The van der Waals surface area contributed by atoms with Gasteiger partial charge >= 0.3 is 6.03 Å². The van der Waals surface area contributed by atoms with Crippen molar-refractivity contribution in [2.24, 2.45) is 0 Å². The highest BCUT2D eigenvalue weighted by Crippen LogP contribution is 2.24. The van der Waals surface area contributed by atoms with Crippen LogP contribution < -0.4 is 5.32 Å². The second-order valence-electron chi connectivity index (χ2n) is 7.01. The number of carbonyl (C=O) groups excluding carboxylic acids is 2. The molecule has 0 saturated carbocycles. The Labute approximate surface area is 147 Å². The fraction of sp³-hybridized carbons (Fsp3) is 0.474. The lowest BCUT2D eigenvalue weighted by molar-refractivity contribution is -0.132. The average Bonchev–Trinajstić information content (AvgIpc) is 3.18. The van der Waals surface area contributed by atoms with Crippen LogP contribution in [0.15, 0.2) is 24.3 Å². The van der Waals surface area contributed by atoms with Crippen LogP contribution >= 0.6 is 0 Å². The lowest BCUT2D eigenvalue weighted by atomic mass is 10.0.